The second-order valence-corrected chi connectivity index (χ2v) is 6.17. The first-order valence-corrected chi connectivity index (χ1v) is 6.78. The van der Waals surface area contributed by atoms with Crippen LogP contribution in [-0.2, 0) is 4.79 Å². The Hall–Kier alpha value is -0.370. The molecule has 16 heavy (non-hydrogen) atoms. The van der Waals surface area contributed by atoms with E-state index in [1.807, 2.05) is 0 Å². The molecule has 0 amide bonds. The molecule has 0 aromatic heterocycles. The van der Waals surface area contributed by atoms with Crippen LogP contribution in [0.3, 0.4) is 0 Å². The molecular formula is C14H25NO. The zero-order chi connectivity index (χ0) is 11.9. The number of ketones is 1. The van der Waals surface area contributed by atoms with E-state index in [-0.39, 0.29) is 5.54 Å². The van der Waals surface area contributed by atoms with E-state index in [2.05, 4.69) is 32.6 Å². The van der Waals surface area contributed by atoms with Crippen molar-refractivity contribution >= 4 is 5.78 Å². The molecule has 2 aliphatic rings. The number of Topliss-reactive ketones (excluding diaryl/α,β-unsaturated/α-hetero) is 1. The normalized spacial score (nSPS) is 41.2. The van der Waals surface area contributed by atoms with Crippen LogP contribution < -0.4 is 0 Å². The van der Waals surface area contributed by atoms with Crippen LogP contribution in [0.1, 0.15) is 53.4 Å². The first-order chi connectivity index (χ1) is 7.48. The Bertz CT molecular complexity index is 286. The minimum absolute atomic E-state index is 0.105. The van der Waals surface area contributed by atoms with Crippen molar-refractivity contribution in [3.63, 3.8) is 0 Å². The number of hydrogen-bond donors (Lipinski definition) is 0. The van der Waals surface area contributed by atoms with E-state index in [1.165, 1.54) is 12.8 Å². The van der Waals surface area contributed by atoms with Crippen molar-refractivity contribution in [2.24, 2.45) is 11.8 Å². The van der Waals surface area contributed by atoms with Crippen molar-refractivity contribution in [1.82, 2.24) is 4.90 Å². The van der Waals surface area contributed by atoms with E-state index in [4.69, 9.17) is 0 Å². The Kier molecular flexibility index (Phi) is 3.13. The van der Waals surface area contributed by atoms with Crippen LogP contribution in [-0.4, -0.2) is 28.8 Å². The van der Waals surface area contributed by atoms with Gasteiger partial charge >= 0.3 is 0 Å². The lowest BCUT2D eigenvalue weighted by molar-refractivity contribution is -0.132. The van der Waals surface area contributed by atoms with Gasteiger partial charge in [-0.25, -0.2) is 0 Å². The van der Waals surface area contributed by atoms with Crippen LogP contribution in [0, 0.1) is 11.8 Å². The molecule has 2 nitrogen and oxygen atoms in total. The molecule has 1 aliphatic heterocycles. The first kappa shape index (κ1) is 12.1. The maximum absolute atomic E-state index is 12.4. The van der Waals surface area contributed by atoms with Crippen molar-refractivity contribution in [1.29, 1.82) is 0 Å². The van der Waals surface area contributed by atoms with E-state index in [0.717, 1.165) is 19.4 Å². The summed E-state index contributed by atoms with van der Waals surface area (Å²) in [4.78, 5) is 14.9. The van der Waals surface area contributed by atoms with E-state index < -0.39 is 0 Å². The number of likely N-dealkylation sites (tertiary alicyclic amines) is 1. The summed E-state index contributed by atoms with van der Waals surface area (Å²) in [5.41, 5.74) is -0.105. The minimum atomic E-state index is -0.105. The molecule has 1 spiro atoms. The van der Waals surface area contributed by atoms with Gasteiger partial charge in [0.2, 0.25) is 0 Å². The van der Waals surface area contributed by atoms with Gasteiger partial charge in [-0.2, -0.15) is 0 Å². The second kappa shape index (κ2) is 4.14. The van der Waals surface area contributed by atoms with Gasteiger partial charge in [0.15, 0.2) is 5.78 Å². The molecule has 0 bridgehead atoms. The number of carbonyl (C=O) groups is 1. The van der Waals surface area contributed by atoms with E-state index in [0.29, 0.717) is 23.7 Å². The summed E-state index contributed by atoms with van der Waals surface area (Å²) in [5.74, 6) is 1.76. The highest BCUT2D eigenvalue weighted by molar-refractivity contribution is 5.91. The molecule has 0 aromatic carbocycles. The van der Waals surface area contributed by atoms with Crippen LogP contribution in [0.4, 0.5) is 0 Å². The fraction of sp³-hybridized carbons (Fsp3) is 0.929. The highest BCUT2D eigenvalue weighted by atomic mass is 16.1. The maximum Gasteiger partial charge on any atom is 0.154 e. The van der Waals surface area contributed by atoms with Gasteiger partial charge in [0.05, 0.1) is 5.54 Å². The Morgan fingerprint density at radius 3 is 2.62 bits per heavy atom. The number of hydrogen-bond acceptors (Lipinski definition) is 2. The summed E-state index contributed by atoms with van der Waals surface area (Å²) in [5, 5.41) is 0. The third-order valence-corrected chi connectivity index (χ3v) is 4.77. The van der Waals surface area contributed by atoms with E-state index >= 15 is 0 Å². The molecule has 1 aliphatic carbocycles. The summed E-state index contributed by atoms with van der Waals surface area (Å²) < 4.78 is 0. The number of rotatable bonds is 1. The molecule has 3 unspecified atom stereocenters. The van der Waals surface area contributed by atoms with Crippen LogP contribution in [0.15, 0.2) is 0 Å². The highest BCUT2D eigenvalue weighted by Gasteiger charge is 2.54. The molecule has 1 saturated carbocycles. The fourth-order valence-electron chi connectivity index (χ4n) is 3.91. The molecule has 2 heteroatoms. The molecule has 0 aromatic rings. The molecule has 92 valence electrons. The molecule has 1 saturated heterocycles. The fourth-order valence-corrected chi connectivity index (χ4v) is 3.91. The standard InChI is InChI=1S/C14H25NO/c1-10(2)15-8-7-13(16)14(15)9-11(3)5-6-12(14)4/h10-12H,5-9H2,1-4H3. The number of nitrogens with zero attached hydrogens (tertiary/aromatic N) is 1. The summed E-state index contributed by atoms with van der Waals surface area (Å²) in [6, 6.07) is 0.499. The van der Waals surface area contributed by atoms with Crippen molar-refractivity contribution < 1.29 is 4.79 Å². The third-order valence-electron chi connectivity index (χ3n) is 4.77. The molecule has 3 atom stereocenters. The van der Waals surface area contributed by atoms with Gasteiger partial charge in [0.1, 0.15) is 0 Å². The van der Waals surface area contributed by atoms with Crippen LogP contribution in [0.2, 0.25) is 0 Å². The lowest BCUT2D eigenvalue weighted by Crippen LogP contribution is -2.58. The number of carbonyl (C=O) groups excluding carboxylic acids is 1. The largest absolute Gasteiger partial charge is 0.298 e. The molecule has 1 heterocycles. The highest BCUT2D eigenvalue weighted by Crippen LogP contribution is 2.46. The van der Waals surface area contributed by atoms with Crippen molar-refractivity contribution in [3.8, 4) is 0 Å². The van der Waals surface area contributed by atoms with Crippen LogP contribution >= 0.6 is 0 Å². The van der Waals surface area contributed by atoms with Crippen molar-refractivity contribution in [2.75, 3.05) is 6.54 Å². The second-order valence-electron chi connectivity index (χ2n) is 6.17. The molecule has 0 radical (unpaired) electrons. The quantitative estimate of drug-likeness (QED) is 0.681. The molecular weight excluding hydrogens is 198 g/mol. The zero-order valence-electron chi connectivity index (χ0n) is 11.1. The topological polar surface area (TPSA) is 20.3 Å². The predicted octanol–water partition coefficient (Wildman–Crippen LogP) is 2.86. The average molecular weight is 223 g/mol. The van der Waals surface area contributed by atoms with E-state index in [1.54, 1.807) is 0 Å². The Morgan fingerprint density at radius 1 is 1.31 bits per heavy atom. The van der Waals surface area contributed by atoms with Gasteiger partial charge in [0, 0.05) is 19.0 Å². The first-order valence-electron chi connectivity index (χ1n) is 6.78. The zero-order valence-corrected chi connectivity index (χ0v) is 11.1. The summed E-state index contributed by atoms with van der Waals surface area (Å²) in [7, 11) is 0. The lowest BCUT2D eigenvalue weighted by Gasteiger charge is -2.48. The summed E-state index contributed by atoms with van der Waals surface area (Å²) >= 11 is 0. The van der Waals surface area contributed by atoms with E-state index in [9.17, 15) is 4.79 Å². The predicted molar refractivity (Wildman–Crippen MR) is 66.4 cm³/mol. The summed E-state index contributed by atoms with van der Waals surface area (Å²) in [6.45, 7) is 10.0. The Labute approximate surface area is 99.4 Å². The monoisotopic (exact) mass is 223 g/mol. The Morgan fingerprint density at radius 2 is 2.00 bits per heavy atom. The Balaban J connectivity index is 2.33. The van der Waals surface area contributed by atoms with Crippen molar-refractivity contribution in [2.45, 2.75) is 65.0 Å². The molecule has 2 fully saturated rings. The lowest BCUT2D eigenvalue weighted by atomic mass is 9.67. The molecule has 0 N–H and O–H groups in total. The van der Waals surface area contributed by atoms with Gasteiger partial charge in [-0.05, 0) is 38.5 Å². The van der Waals surface area contributed by atoms with Gasteiger partial charge < -0.3 is 0 Å². The molecule has 2 rings (SSSR count). The smallest absolute Gasteiger partial charge is 0.154 e. The van der Waals surface area contributed by atoms with Gasteiger partial charge in [-0.1, -0.05) is 20.3 Å². The SMILES string of the molecule is CC1CCC(C)C2(C1)C(=O)CCN2C(C)C. The van der Waals surface area contributed by atoms with Gasteiger partial charge in [0.25, 0.3) is 0 Å². The van der Waals surface area contributed by atoms with Crippen LogP contribution in [0.25, 0.3) is 0 Å². The maximum atomic E-state index is 12.4. The van der Waals surface area contributed by atoms with Gasteiger partial charge in [-0.15, -0.1) is 0 Å². The average Bonchev–Trinajstić information content (AvgIpc) is 2.52. The van der Waals surface area contributed by atoms with Crippen LogP contribution in [0.5, 0.6) is 0 Å². The van der Waals surface area contributed by atoms with Crippen molar-refractivity contribution in [3.05, 3.63) is 0 Å². The third kappa shape index (κ3) is 1.62. The minimum Gasteiger partial charge on any atom is -0.298 e. The van der Waals surface area contributed by atoms with Gasteiger partial charge in [-0.3, -0.25) is 9.69 Å². The summed E-state index contributed by atoms with van der Waals surface area (Å²) in [6.07, 6.45) is 4.37.